The first-order valence-corrected chi connectivity index (χ1v) is 9.36. The standard InChI is InChI=1S/C24H24O/c1-2-3-4-6-9-18-12-14-21-22-17-20(19-10-7-5-8-11-19)13-15-23(22)25-24(21)16-18/h5,7-8,10-17H,2-4,6,9H2,1H3. The molecular weight excluding hydrogens is 304 g/mol. The van der Waals surface area contributed by atoms with Gasteiger partial charge in [0, 0.05) is 10.8 Å². The SMILES string of the molecule is CCCCCCc1ccc2c(c1)oc1ccc(-c3ccccc3)cc12. The van der Waals surface area contributed by atoms with E-state index in [0.717, 1.165) is 17.6 Å². The molecule has 1 heteroatoms. The number of rotatable bonds is 6. The third-order valence-corrected chi connectivity index (χ3v) is 4.96. The molecule has 1 aromatic heterocycles. The molecule has 0 aliphatic heterocycles. The summed E-state index contributed by atoms with van der Waals surface area (Å²) >= 11 is 0. The minimum absolute atomic E-state index is 0.970. The Balaban J connectivity index is 1.67. The molecule has 0 radical (unpaired) electrons. The van der Waals surface area contributed by atoms with Gasteiger partial charge in [0.1, 0.15) is 11.2 Å². The Hall–Kier alpha value is -2.54. The van der Waals surface area contributed by atoms with Crippen LogP contribution in [0.4, 0.5) is 0 Å². The number of hydrogen-bond donors (Lipinski definition) is 0. The van der Waals surface area contributed by atoms with Crippen molar-refractivity contribution in [2.45, 2.75) is 39.0 Å². The second-order valence-electron chi connectivity index (χ2n) is 6.82. The molecule has 25 heavy (non-hydrogen) atoms. The van der Waals surface area contributed by atoms with Crippen LogP contribution in [0.5, 0.6) is 0 Å². The van der Waals surface area contributed by atoms with Gasteiger partial charge in [-0.15, -0.1) is 0 Å². The van der Waals surface area contributed by atoms with Crippen LogP contribution in [-0.4, -0.2) is 0 Å². The van der Waals surface area contributed by atoms with E-state index in [-0.39, 0.29) is 0 Å². The van der Waals surface area contributed by atoms with Crippen LogP contribution in [0.25, 0.3) is 33.1 Å². The topological polar surface area (TPSA) is 13.1 Å². The van der Waals surface area contributed by atoms with Gasteiger partial charge in [0.05, 0.1) is 0 Å². The highest BCUT2D eigenvalue weighted by Crippen LogP contribution is 2.33. The number of benzene rings is 3. The lowest BCUT2D eigenvalue weighted by Crippen LogP contribution is -1.85. The first kappa shape index (κ1) is 16.0. The average molecular weight is 328 g/mol. The smallest absolute Gasteiger partial charge is 0.135 e. The van der Waals surface area contributed by atoms with Crippen molar-refractivity contribution in [1.82, 2.24) is 0 Å². The molecule has 0 amide bonds. The predicted molar refractivity (Wildman–Crippen MR) is 107 cm³/mol. The maximum atomic E-state index is 6.11. The minimum Gasteiger partial charge on any atom is -0.456 e. The highest BCUT2D eigenvalue weighted by Gasteiger charge is 2.09. The molecule has 0 unspecified atom stereocenters. The highest BCUT2D eigenvalue weighted by molar-refractivity contribution is 6.06. The zero-order chi connectivity index (χ0) is 17.1. The Kier molecular flexibility index (Phi) is 4.56. The molecule has 4 aromatic rings. The zero-order valence-corrected chi connectivity index (χ0v) is 14.8. The van der Waals surface area contributed by atoms with Crippen LogP contribution in [0, 0.1) is 0 Å². The lowest BCUT2D eigenvalue weighted by molar-refractivity contribution is 0.659. The summed E-state index contributed by atoms with van der Waals surface area (Å²) < 4.78 is 6.11. The summed E-state index contributed by atoms with van der Waals surface area (Å²) in [4.78, 5) is 0. The predicted octanol–water partition coefficient (Wildman–Crippen LogP) is 7.38. The van der Waals surface area contributed by atoms with Crippen LogP contribution in [0.3, 0.4) is 0 Å². The number of unbranched alkanes of at least 4 members (excludes halogenated alkanes) is 3. The largest absolute Gasteiger partial charge is 0.456 e. The van der Waals surface area contributed by atoms with Gasteiger partial charge < -0.3 is 4.42 Å². The molecule has 0 aliphatic rings. The molecular formula is C24H24O. The second kappa shape index (κ2) is 7.14. The molecule has 0 saturated carbocycles. The number of hydrogen-bond acceptors (Lipinski definition) is 1. The first-order valence-electron chi connectivity index (χ1n) is 9.36. The third kappa shape index (κ3) is 3.32. The maximum Gasteiger partial charge on any atom is 0.135 e. The molecule has 0 atom stereocenters. The van der Waals surface area contributed by atoms with E-state index < -0.39 is 0 Å². The molecule has 126 valence electrons. The van der Waals surface area contributed by atoms with Gasteiger partial charge in [-0.3, -0.25) is 0 Å². The van der Waals surface area contributed by atoms with Gasteiger partial charge in [0.2, 0.25) is 0 Å². The fourth-order valence-electron chi connectivity index (χ4n) is 3.54. The van der Waals surface area contributed by atoms with Crippen molar-refractivity contribution in [3.63, 3.8) is 0 Å². The first-order chi connectivity index (χ1) is 12.3. The summed E-state index contributed by atoms with van der Waals surface area (Å²) in [6, 6.07) is 23.7. The van der Waals surface area contributed by atoms with Crippen LogP contribution in [-0.2, 0) is 6.42 Å². The lowest BCUT2D eigenvalue weighted by atomic mass is 10.0. The Morgan fingerprint density at radius 3 is 2.40 bits per heavy atom. The molecule has 1 heterocycles. The molecule has 0 aliphatic carbocycles. The fourth-order valence-corrected chi connectivity index (χ4v) is 3.54. The van der Waals surface area contributed by atoms with Crippen molar-refractivity contribution < 1.29 is 4.42 Å². The van der Waals surface area contributed by atoms with E-state index >= 15 is 0 Å². The molecule has 0 spiro atoms. The van der Waals surface area contributed by atoms with E-state index in [9.17, 15) is 0 Å². The summed E-state index contributed by atoms with van der Waals surface area (Å²) in [6.45, 7) is 2.25. The average Bonchev–Trinajstić information content (AvgIpc) is 3.03. The van der Waals surface area contributed by atoms with Gasteiger partial charge in [-0.25, -0.2) is 0 Å². The summed E-state index contributed by atoms with van der Waals surface area (Å²) in [5.41, 5.74) is 5.84. The van der Waals surface area contributed by atoms with E-state index in [1.165, 1.54) is 53.1 Å². The fraction of sp³-hybridized carbons (Fsp3) is 0.250. The lowest BCUT2D eigenvalue weighted by Gasteiger charge is -2.02. The van der Waals surface area contributed by atoms with Gasteiger partial charge in [-0.1, -0.05) is 74.7 Å². The molecule has 0 saturated heterocycles. The summed E-state index contributed by atoms with van der Waals surface area (Å²) in [7, 11) is 0. The molecule has 0 fully saturated rings. The van der Waals surface area contributed by atoms with Crippen LogP contribution >= 0.6 is 0 Å². The molecule has 0 N–H and O–H groups in total. The van der Waals surface area contributed by atoms with E-state index in [2.05, 4.69) is 73.7 Å². The second-order valence-corrected chi connectivity index (χ2v) is 6.82. The molecule has 4 rings (SSSR count). The van der Waals surface area contributed by atoms with Crippen molar-refractivity contribution >= 4 is 21.9 Å². The van der Waals surface area contributed by atoms with E-state index in [4.69, 9.17) is 4.42 Å². The number of fused-ring (bicyclic) bond motifs is 3. The zero-order valence-electron chi connectivity index (χ0n) is 14.8. The quantitative estimate of drug-likeness (QED) is 0.337. The van der Waals surface area contributed by atoms with Crippen molar-refractivity contribution in [2.24, 2.45) is 0 Å². The summed E-state index contributed by atoms with van der Waals surface area (Å²) in [5, 5.41) is 2.42. The molecule has 1 nitrogen and oxygen atoms in total. The van der Waals surface area contributed by atoms with Gasteiger partial charge in [0.25, 0.3) is 0 Å². The molecule has 3 aromatic carbocycles. The third-order valence-electron chi connectivity index (χ3n) is 4.96. The number of furan rings is 1. The van der Waals surface area contributed by atoms with E-state index in [1.54, 1.807) is 0 Å². The van der Waals surface area contributed by atoms with Crippen LogP contribution in [0.15, 0.2) is 71.1 Å². The van der Waals surface area contributed by atoms with Crippen LogP contribution in [0.2, 0.25) is 0 Å². The summed E-state index contributed by atoms with van der Waals surface area (Å²) in [6.07, 6.45) is 6.33. The van der Waals surface area contributed by atoms with Crippen molar-refractivity contribution in [3.8, 4) is 11.1 Å². The van der Waals surface area contributed by atoms with Gasteiger partial charge >= 0.3 is 0 Å². The van der Waals surface area contributed by atoms with Crippen LogP contribution in [0.1, 0.15) is 38.2 Å². The van der Waals surface area contributed by atoms with Crippen molar-refractivity contribution in [3.05, 3.63) is 72.3 Å². The van der Waals surface area contributed by atoms with Crippen molar-refractivity contribution in [1.29, 1.82) is 0 Å². The van der Waals surface area contributed by atoms with Gasteiger partial charge in [-0.05, 0) is 47.7 Å². The Bertz CT molecular complexity index is 979. The van der Waals surface area contributed by atoms with E-state index in [0.29, 0.717) is 0 Å². The van der Waals surface area contributed by atoms with Crippen molar-refractivity contribution in [2.75, 3.05) is 0 Å². The summed E-state index contributed by atoms with van der Waals surface area (Å²) in [5.74, 6) is 0. The Morgan fingerprint density at radius 2 is 1.56 bits per heavy atom. The molecule has 0 bridgehead atoms. The Morgan fingerprint density at radius 1 is 0.680 bits per heavy atom. The van der Waals surface area contributed by atoms with Gasteiger partial charge in [-0.2, -0.15) is 0 Å². The number of aryl methyl sites for hydroxylation is 1. The normalized spacial score (nSPS) is 11.4. The minimum atomic E-state index is 0.970. The Labute approximate surface area is 149 Å². The highest BCUT2D eigenvalue weighted by atomic mass is 16.3. The van der Waals surface area contributed by atoms with Crippen LogP contribution < -0.4 is 0 Å². The maximum absolute atomic E-state index is 6.11. The monoisotopic (exact) mass is 328 g/mol. The van der Waals surface area contributed by atoms with E-state index in [1.807, 2.05) is 0 Å². The van der Waals surface area contributed by atoms with Gasteiger partial charge in [0.15, 0.2) is 0 Å².